The third-order valence-electron chi connectivity index (χ3n) is 2.63. The Morgan fingerprint density at radius 3 is 2.79 bits per heavy atom. The maximum atomic E-state index is 10.9. The summed E-state index contributed by atoms with van der Waals surface area (Å²) < 4.78 is 0. The van der Waals surface area contributed by atoms with E-state index >= 15 is 0 Å². The van der Waals surface area contributed by atoms with Crippen LogP contribution in [0.4, 0.5) is 5.82 Å². The molecular weight excluding hydrogens is 284 g/mol. The van der Waals surface area contributed by atoms with Gasteiger partial charge in [0.05, 0.1) is 5.02 Å². The standard InChI is InChI=1S/C13H19ClN2O2S/c1-19-9-5-3-2-4-8-15-11-7-6-10(14)12(16-11)13(17)18/h6-7H,2-5,8-9H2,1H3,(H,15,16)(H,17,18). The van der Waals surface area contributed by atoms with Crippen LogP contribution >= 0.6 is 23.4 Å². The molecule has 0 aromatic carbocycles. The summed E-state index contributed by atoms with van der Waals surface area (Å²) in [5, 5.41) is 12.2. The highest BCUT2D eigenvalue weighted by Gasteiger charge is 2.10. The number of halogens is 1. The van der Waals surface area contributed by atoms with E-state index in [2.05, 4.69) is 16.6 Å². The zero-order valence-corrected chi connectivity index (χ0v) is 12.6. The van der Waals surface area contributed by atoms with E-state index in [1.807, 2.05) is 11.8 Å². The fourth-order valence-electron chi connectivity index (χ4n) is 1.63. The number of rotatable bonds is 9. The maximum absolute atomic E-state index is 10.9. The van der Waals surface area contributed by atoms with Gasteiger partial charge >= 0.3 is 5.97 Å². The molecule has 1 aromatic heterocycles. The fourth-order valence-corrected chi connectivity index (χ4v) is 2.31. The van der Waals surface area contributed by atoms with E-state index in [0.29, 0.717) is 5.82 Å². The van der Waals surface area contributed by atoms with Crippen molar-refractivity contribution in [2.24, 2.45) is 0 Å². The zero-order valence-electron chi connectivity index (χ0n) is 11.0. The summed E-state index contributed by atoms with van der Waals surface area (Å²) in [4.78, 5) is 14.8. The lowest BCUT2D eigenvalue weighted by atomic mass is 10.2. The number of nitrogens with one attached hydrogen (secondary N) is 1. The topological polar surface area (TPSA) is 62.2 Å². The molecule has 2 N–H and O–H groups in total. The Morgan fingerprint density at radius 1 is 1.37 bits per heavy atom. The van der Waals surface area contributed by atoms with Crippen molar-refractivity contribution in [1.29, 1.82) is 0 Å². The van der Waals surface area contributed by atoms with Crippen LogP contribution in [0.5, 0.6) is 0 Å². The molecule has 1 aromatic rings. The molecule has 106 valence electrons. The van der Waals surface area contributed by atoms with Gasteiger partial charge in [0.2, 0.25) is 0 Å². The lowest BCUT2D eigenvalue weighted by Gasteiger charge is -2.07. The molecule has 6 heteroatoms. The molecule has 0 radical (unpaired) electrons. The van der Waals surface area contributed by atoms with Gasteiger partial charge in [-0.2, -0.15) is 11.8 Å². The smallest absolute Gasteiger partial charge is 0.356 e. The number of nitrogens with zero attached hydrogens (tertiary/aromatic N) is 1. The van der Waals surface area contributed by atoms with E-state index in [0.717, 1.165) is 13.0 Å². The number of unbranched alkanes of at least 4 members (excludes halogenated alkanes) is 3. The number of aromatic carboxylic acids is 1. The van der Waals surface area contributed by atoms with Crippen LogP contribution < -0.4 is 5.32 Å². The molecule has 0 aliphatic heterocycles. The van der Waals surface area contributed by atoms with Crippen LogP contribution in [0.3, 0.4) is 0 Å². The summed E-state index contributed by atoms with van der Waals surface area (Å²) >= 11 is 7.62. The lowest BCUT2D eigenvalue weighted by molar-refractivity contribution is 0.0691. The molecule has 0 fully saturated rings. The van der Waals surface area contributed by atoms with E-state index < -0.39 is 5.97 Å². The summed E-state index contributed by atoms with van der Waals surface area (Å²) in [6, 6.07) is 3.25. The largest absolute Gasteiger partial charge is 0.476 e. The Labute approximate surface area is 123 Å². The second-order valence-corrected chi connectivity index (χ2v) is 5.56. The molecule has 0 spiro atoms. The highest BCUT2D eigenvalue weighted by Crippen LogP contribution is 2.16. The third-order valence-corrected chi connectivity index (χ3v) is 3.63. The van der Waals surface area contributed by atoms with Gasteiger partial charge in [-0.05, 0) is 37.0 Å². The molecular formula is C13H19ClN2O2S. The molecule has 0 amide bonds. The molecule has 0 saturated heterocycles. The van der Waals surface area contributed by atoms with E-state index in [1.54, 1.807) is 12.1 Å². The number of aromatic nitrogens is 1. The van der Waals surface area contributed by atoms with Crippen molar-refractivity contribution in [2.45, 2.75) is 25.7 Å². The first-order chi connectivity index (χ1) is 9.15. The summed E-state index contributed by atoms with van der Waals surface area (Å²) in [7, 11) is 0. The van der Waals surface area contributed by atoms with Crippen molar-refractivity contribution in [1.82, 2.24) is 4.98 Å². The quantitative estimate of drug-likeness (QED) is 0.680. The van der Waals surface area contributed by atoms with Gasteiger partial charge < -0.3 is 10.4 Å². The Bertz CT molecular complexity index is 416. The molecule has 0 aliphatic carbocycles. The Kier molecular flexibility index (Phi) is 7.67. The SMILES string of the molecule is CSCCCCCCNc1ccc(Cl)c(C(=O)O)n1. The van der Waals surface area contributed by atoms with Gasteiger partial charge in [-0.15, -0.1) is 0 Å². The molecule has 4 nitrogen and oxygen atoms in total. The number of anilines is 1. The molecule has 0 saturated carbocycles. The number of hydrogen-bond acceptors (Lipinski definition) is 4. The average Bonchev–Trinajstić information content (AvgIpc) is 2.39. The second kappa shape index (κ2) is 9.04. The summed E-state index contributed by atoms with van der Waals surface area (Å²) in [6.07, 6.45) is 6.84. The third kappa shape index (κ3) is 6.16. The molecule has 0 unspecified atom stereocenters. The van der Waals surface area contributed by atoms with Crippen LogP contribution in [0, 0.1) is 0 Å². The normalized spacial score (nSPS) is 10.4. The van der Waals surface area contributed by atoms with E-state index in [9.17, 15) is 4.79 Å². The highest BCUT2D eigenvalue weighted by atomic mass is 35.5. The molecule has 0 aliphatic rings. The minimum absolute atomic E-state index is 0.105. The Morgan fingerprint density at radius 2 is 2.11 bits per heavy atom. The van der Waals surface area contributed by atoms with Gasteiger partial charge in [0.25, 0.3) is 0 Å². The van der Waals surface area contributed by atoms with Gasteiger partial charge in [0, 0.05) is 6.54 Å². The summed E-state index contributed by atoms with van der Waals surface area (Å²) in [5.41, 5.74) is -0.105. The number of thioether (sulfide) groups is 1. The van der Waals surface area contributed by atoms with Crippen molar-refractivity contribution in [3.63, 3.8) is 0 Å². The van der Waals surface area contributed by atoms with Gasteiger partial charge in [0.1, 0.15) is 5.82 Å². The van der Waals surface area contributed by atoms with Crippen molar-refractivity contribution in [3.05, 3.63) is 22.8 Å². The van der Waals surface area contributed by atoms with E-state index in [-0.39, 0.29) is 10.7 Å². The molecule has 1 rings (SSSR count). The van der Waals surface area contributed by atoms with Crippen LogP contribution in [0.2, 0.25) is 5.02 Å². The van der Waals surface area contributed by atoms with E-state index in [4.69, 9.17) is 16.7 Å². The number of hydrogen-bond donors (Lipinski definition) is 2. The number of pyridine rings is 1. The Balaban J connectivity index is 2.30. The lowest BCUT2D eigenvalue weighted by Crippen LogP contribution is -2.07. The number of carbonyl (C=O) groups is 1. The minimum atomic E-state index is -1.11. The van der Waals surface area contributed by atoms with Gasteiger partial charge in [-0.3, -0.25) is 0 Å². The van der Waals surface area contributed by atoms with E-state index in [1.165, 1.54) is 25.0 Å². The van der Waals surface area contributed by atoms with Gasteiger partial charge in [0.15, 0.2) is 5.69 Å². The van der Waals surface area contributed by atoms with Crippen molar-refractivity contribution >= 4 is 35.1 Å². The van der Waals surface area contributed by atoms with Crippen molar-refractivity contribution < 1.29 is 9.90 Å². The monoisotopic (exact) mass is 302 g/mol. The number of carboxylic acid groups (broad SMARTS) is 1. The molecule has 0 bridgehead atoms. The van der Waals surface area contributed by atoms with Gasteiger partial charge in [-0.25, -0.2) is 9.78 Å². The highest BCUT2D eigenvalue weighted by molar-refractivity contribution is 7.98. The molecule has 0 atom stereocenters. The second-order valence-electron chi connectivity index (χ2n) is 4.17. The van der Waals surface area contributed by atoms with Gasteiger partial charge in [-0.1, -0.05) is 24.4 Å². The summed E-state index contributed by atoms with van der Waals surface area (Å²) in [6.45, 7) is 0.799. The first-order valence-corrected chi connectivity index (χ1v) is 8.05. The Hall–Kier alpha value is -0.940. The number of carboxylic acids is 1. The minimum Gasteiger partial charge on any atom is -0.476 e. The van der Waals surface area contributed by atoms with Crippen LogP contribution in [-0.2, 0) is 0 Å². The van der Waals surface area contributed by atoms with Crippen LogP contribution in [0.1, 0.15) is 36.2 Å². The van der Waals surface area contributed by atoms with Crippen LogP contribution in [0.25, 0.3) is 0 Å². The average molecular weight is 303 g/mol. The molecule has 19 heavy (non-hydrogen) atoms. The molecule has 1 heterocycles. The summed E-state index contributed by atoms with van der Waals surface area (Å²) in [5.74, 6) is 0.672. The first-order valence-electron chi connectivity index (χ1n) is 6.28. The fraction of sp³-hybridized carbons (Fsp3) is 0.538. The van der Waals surface area contributed by atoms with Crippen molar-refractivity contribution in [3.8, 4) is 0 Å². The maximum Gasteiger partial charge on any atom is 0.356 e. The predicted octanol–water partition coefficient (Wildman–Crippen LogP) is 3.77. The first kappa shape index (κ1) is 16.1. The van der Waals surface area contributed by atoms with Crippen LogP contribution in [-0.4, -0.2) is 34.6 Å². The van der Waals surface area contributed by atoms with Crippen LogP contribution in [0.15, 0.2) is 12.1 Å². The predicted molar refractivity (Wildman–Crippen MR) is 81.5 cm³/mol. The van der Waals surface area contributed by atoms with Crippen molar-refractivity contribution in [2.75, 3.05) is 23.9 Å². The zero-order chi connectivity index (χ0) is 14.1.